The minimum Gasteiger partial charge on any atom is -0.309 e. The summed E-state index contributed by atoms with van der Waals surface area (Å²) in [6, 6.07) is 26.7. The van der Waals surface area contributed by atoms with Crippen LogP contribution in [0.15, 0.2) is 131 Å². The molecule has 3 aromatic carbocycles. The van der Waals surface area contributed by atoms with Crippen LogP contribution in [0.3, 0.4) is 0 Å². The highest BCUT2D eigenvalue weighted by Gasteiger charge is 2.24. The summed E-state index contributed by atoms with van der Waals surface area (Å²) in [7, 11) is -3.82. The maximum atomic E-state index is 13.0. The van der Waals surface area contributed by atoms with E-state index in [9.17, 15) is 8.42 Å². The van der Waals surface area contributed by atoms with Crippen LogP contribution in [0, 0.1) is 6.92 Å². The molecule has 37 heavy (non-hydrogen) atoms. The van der Waals surface area contributed by atoms with Crippen LogP contribution < -0.4 is 5.32 Å². The molecule has 0 radical (unpaired) electrons. The number of hydrogen-bond acceptors (Lipinski definition) is 3. The van der Waals surface area contributed by atoms with E-state index in [-0.39, 0.29) is 16.9 Å². The van der Waals surface area contributed by atoms with Crippen molar-refractivity contribution in [1.82, 2.24) is 5.32 Å². The van der Waals surface area contributed by atoms with Crippen LogP contribution in [-0.2, 0) is 10.0 Å². The van der Waals surface area contributed by atoms with Gasteiger partial charge in [-0.05, 0) is 56.5 Å². The Hall–Kier alpha value is -3.54. The lowest BCUT2D eigenvalue weighted by Crippen LogP contribution is -2.29. The molecule has 0 saturated carbocycles. The molecular formula is C32H36N2O2S. The summed E-state index contributed by atoms with van der Waals surface area (Å²) in [4.78, 5) is 0.193. The first-order chi connectivity index (χ1) is 17.9. The van der Waals surface area contributed by atoms with Gasteiger partial charge in [0.15, 0.2) is 0 Å². The van der Waals surface area contributed by atoms with Gasteiger partial charge >= 0.3 is 0 Å². The van der Waals surface area contributed by atoms with E-state index in [0.29, 0.717) is 0 Å². The van der Waals surface area contributed by atoms with Gasteiger partial charge in [0.05, 0.1) is 4.90 Å². The van der Waals surface area contributed by atoms with Crippen molar-refractivity contribution in [3.8, 4) is 0 Å². The number of rotatable bonds is 13. The molecule has 0 heterocycles. The van der Waals surface area contributed by atoms with E-state index in [0.717, 1.165) is 36.1 Å². The van der Waals surface area contributed by atoms with Gasteiger partial charge in [-0.25, -0.2) is 0 Å². The first-order valence-corrected chi connectivity index (χ1v) is 14.0. The van der Waals surface area contributed by atoms with Crippen LogP contribution in [0.5, 0.6) is 0 Å². The Morgan fingerprint density at radius 2 is 1.54 bits per heavy atom. The van der Waals surface area contributed by atoms with Crippen molar-refractivity contribution in [3.63, 3.8) is 0 Å². The molecule has 4 nitrogen and oxygen atoms in total. The van der Waals surface area contributed by atoms with Crippen LogP contribution in [0.1, 0.15) is 48.4 Å². The summed E-state index contributed by atoms with van der Waals surface area (Å²) in [5, 5.41) is 3.69. The van der Waals surface area contributed by atoms with Crippen molar-refractivity contribution >= 4 is 16.2 Å². The number of sulfonamides is 1. The quantitative estimate of drug-likeness (QED) is 0.148. The summed E-state index contributed by atoms with van der Waals surface area (Å²) in [5.74, 6) is -0.281. The third-order valence-electron chi connectivity index (χ3n) is 6.12. The van der Waals surface area contributed by atoms with Crippen molar-refractivity contribution in [1.29, 1.82) is 0 Å². The van der Waals surface area contributed by atoms with E-state index in [1.54, 1.807) is 36.6 Å². The Balaban J connectivity index is 1.88. The molecule has 0 aromatic heterocycles. The number of allylic oxidation sites excluding steroid dienone is 5. The molecule has 0 aliphatic carbocycles. The topological polar surface area (TPSA) is 58.5 Å². The van der Waals surface area contributed by atoms with E-state index in [2.05, 4.69) is 41.4 Å². The van der Waals surface area contributed by atoms with Crippen LogP contribution in [0.25, 0.3) is 0 Å². The monoisotopic (exact) mass is 512 g/mol. The van der Waals surface area contributed by atoms with Crippen molar-refractivity contribution in [2.24, 2.45) is 4.40 Å². The normalized spacial score (nSPS) is 14.2. The molecule has 0 bridgehead atoms. The molecule has 0 aliphatic heterocycles. The predicted octanol–water partition coefficient (Wildman–Crippen LogP) is 7.34. The molecule has 5 heteroatoms. The fraction of sp³-hybridized carbons (Fsp3) is 0.219. The Morgan fingerprint density at radius 3 is 2.16 bits per heavy atom. The molecule has 2 atom stereocenters. The molecule has 1 N–H and O–H groups in total. The molecule has 3 rings (SSSR count). The minimum absolute atomic E-state index is 0.148. The van der Waals surface area contributed by atoms with Gasteiger partial charge in [-0.1, -0.05) is 115 Å². The molecule has 192 valence electrons. The number of benzene rings is 3. The zero-order valence-corrected chi connectivity index (χ0v) is 22.4. The molecule has 0 fully saturated rings. The summed E-state index contributed by atoms with van der Waals surface area (Å²) < 4.78 is 30.3. The van der Waals surface area contributed by atoms with E-state index in [1.165, 1.54) is 5.57 Å². The molecule has 0 amide bonds. The average molecular weight is 513 g/mol. The smallest absolute Gasteiger partial charge is 0.281 e. The average Bonchev–Trinajstić information content (AvgIpc) is 2.91. The lowest BCUT2D eigenvalue weighted by molar-refractivity contribution is 0.502. The Morgan fingerprint density at radius 1 is 0.919 bits per heavy atom. The summed E-state index contributed by atoms with van der Waals surface area (Å²) in [5.41, 5.74) is 4.37. The summed E-state index contributed by atoms with van der Waals surface area (Å²) >= 11 is 0. The minimum atomic E-state index is -3.82. The SMILES string of the molecule is C=C/C=C\C=C(/C)CCCN[C@@H](c1ccccc1)C(/C=N\S(=O)(=O)c1ccc(C)cc1)c1ccccc1. The van der Waals surface area contributed by atoms with Gasteiger partial charge in [0, 0.05) is 18.2 Å². The highest BCUT2D eigenvalue weighted by atomic mass is 32.2. The van der Waals surface area contributed by atoms with Gasteiger partial charge in [0.25, 0.3) is 10.0 Å². The van der Waals surface area contributed by atoms with Gasteiger partial charge in [0.1, 0.15) is 0 Å². The van der Waals surface area contributed by atoms with E-state index in [1.807, 2.05) is 67.6 Å². The standard InChI is InChI=1S/C32H36N2O2S/c1-4-5-8-14-26(2)15-13-24-33-32(29-18-11-7-12-19-29)31(28-16-9-6-10-17-28)25-34-37(35,36)30-22-20-27(3)21-23-30/h4-12,14,16-23,25,31-33H,1,13,15,24H2,2-3H3/b8-5-,26-14+,34-25-/t31?,32-/m0/s1. The van der Waals surface area contributed by atoms with Gasteiger partial charge in [-0.2, -0.15) is 12.8 Å². The maximum Gasteiger partial charge on any atom is 0.281 e. The predicted molar refractivity (Wildman–Crippen MR) is 156 cm³/mol. The van der Waals surface area contributed by atoms with E-state index < -0.39 is 10.0 Å². The molecule has 0 aliphatic rings. The van der Waals surface area contributed by atoms with Crippen LogP contribution in [0.4, 0.5) is 0 Å². The Kier molecular flexibility index (Phi) is 10.8. The van der Waals surface area contributed by atoms with Gasteiger partial charge in [-0.15, -0.1) is 0 Å². The fourth-order valence-electron chi connectivity index (χ4n) is 4.08. The zero-order chi connectivity index (χ0) is 26.5. The lowest BCUT2D eigenvalue weighted by Gasteiger charge is -2.27. The van der Waals surface area contributed by atoms with Crippen LogP contribution in [-0.4, -0.2) is 21.2 Å². The molecule has 0 saturated heterocycles. The van der Waals surface area contributed by atoms with Gasteiger partial charge in [0.2, 0.25) is 0 Å². The lowest BCUT2D eigenvalue weighted by atomic mass is 9.87. The third-order valence-corrected chi connectivity index (χ3v) is 7.39. The van der Waals surface area contributed by atoms with Crippen LogP contribution in [0.2, 0.25) is 0 Å². The maximum absolute atomic E-state index is 13.0. The van der Waals surface area contributed by atoms with E-state index in [4.69, 9.17) is 0 Å². The number of hydrogen-bond donors (Lipinski definition) is 1. The van der Waals surface area contributed by atoms with E-state index >= 15 is 0 Å². The zero-order valence-electron chi connectivity index (χ0n) is 21.6. The van der Waals surface area contributed by atoms with Gasteiger partial charge in [-0.3, -0.25) is 0 Å². The molecule has 0 spiro atoms. The molecule has 1 unspecified atom stereocenters. The highest BCUT2D eigenvalue weighted by Crippen LogP contribution is 2.30. The number of aryl methyl sites for hydroxylation is 1. The van der Waals surface area contributed by atoms with Crippen molar-refractivity contribution in [3.05, 3.63) is 138 Å². The number of nitrogens with one attached hydrogen (secondary N) is 1. The first-order valence-electron chi connectivity index (χ1n) is 12.6. The van der Waals surface area contributed by atoms with Crippen LogP contribution >= 0.6 is 0 Å². The summed E-state index contributed by atoms with van der Waals surface area (Å²) in [6.07, 6.45) is 11.3. The molecule has 3 aromatic rings. The highest BCUT2D eigenvalue weighted by molar-refractivity contribution is 7.90. The third kappa shape index (κ3) is 8.81. The van der Waals surface area contributed by atoms with Crippen molar-refractivity contribution in [2.75, 3.05) is 6.54 Å². The number of nitrogens with zero attached hydrogens (tertiary/aromatic N) is 1. The molecular weight excluding hydrogens is 476 g/mol. The largest absolute Gasteiger partial charge is 0.309 e. The second kappa shape index (κ2) is 14.3. The van der Waals surface area contributed by atoms with Crippen molar-refractivity contribution in [2.45, 2.75) is 43.5 Å². The Bertz CT molecular complexity index is 1310. The fourth-order valence-corrected chi connectivity index (χ4v) is 4.97. The second-order valence-corrected chi connectivity index (χ2v) is 10.7. The van der Waals surface area contributed by atoms with Crippen molar-refractivity contribution < 1.29 is 8.42 Å². The Labute approximate surface area is 222 Å². The van der Waals surface area contributed by atoms with Gasteiger partial charge < -0.3 is 5.32 Å². The first kappa shape index (κ1) is 28.0. The summed E-state index contributed by atoms with van der Waals surface area (Å²) in [6.45, 7) is 8.52. The second-order valence-electron chi connectivity index (χ2n) is 9.06.